The predicted octanol–water partition coefficient (Wildman–Crippen LogP) is 6.35. The first kappa shape index (κ1) is 22.9. The summed E-state index contributed by atoms with van der Waals surface area (Å²) in [4.78, 5) is 25.5. The normalized spacial score (nSPS) is 10.6. The Labute approximate surface area is 192 Å². The summed E-state index contributed by atoms with van der Waals surface area (Å²) < 4.78 is 5.35. The van der Waals surface area contributed by atoms with Gasteiger partial charge in [0.05, 0.1) is 5.75 Å². The molecular formula is C25H24ClNO3S. The standard InChI is InChI=1S/C25H24ClNO3S/c1-16-4-10-22(13-17(16)2)31-15-24(28)30-14-19-5-7-20(8-6-19)25(29)27-21-9-11-23(26)18(3)12-21/h4-13H,14-15H2,1-3H3,(H,27,29). The van der Waals surface area contributed by atoms with Crippen LogP contribution in [-0.4, -0.2) is 17.6 Å². The molecule has 0 fully saturated rings. The highest BCUT2D eigenvalue weighted by atomic mass is 35.5. The van der Waals surface area contributed by atoms with Gasteiger partial charge in [-0.3, -0.25) is 9.59 Å². The zero-order valence-corrected chi connectivity index (χ0v) is 19.3. The molecule has 0 aliphatic heterocycles. The van der Waals surface area contributed by atoms with Crippen LogP contribution in [0, 0.1) is 20.8 Å². The number of amides is 1. The average molecular weight is 454 g/mol. The van der Waals surface area contributed by atoms with Gasteiger partial charge in [-0.25, -0.2) is 0 Å². The number of ether oxygens (including phenoxy) is 1. The SMILES string of the molecule is Cc1ccc(SCC(=O)OCc2ccc(C(=O)Nc3ccc(Cl)c(C)c3)cc2)cc1C. The molecule has 0 aliphatic rings. The molecule has 160 valence electrons. The summed E-state index contributed by atoms with van der Waals surface area (Å²) in [5, 5.41) is 3.51. The number of nitrogens with one attached hydrogen (secondary N) is 1. The Hall–Kier alpha value is -2.76. The van der Waals surface area contributed by atoms with E-state index >= 15 is 0 Å². The van der Waals surface area contributed by atoms with Crippen molar-refractivity contribution in [2.75, 3.05) is 11.1 Å². The van der Waals surface area contributed by atoms with E-state index in [-0.39, 0.29) is 24.2 Å². The van der Waals surface area contributed by atoms with Crippen molar-refractivity contribution >= 4 is 40.9 Å². The molecule has 1 amide bonds. The van der Waals surface area contributed by atoms with E-state index in [0.29, 0.717) is 16.3 Å². The maximum atomic E-state index is 12.4. The smallest absolute Gasteiger partial charge is 0.316 e. The van der Waals surface area contributed by atoms with Crippen molar-refractivity contribution in [1.29, 1.82) is 0 Å². The minimum Gasteiger partial charge on any atom is -0.460 e. The second-order valence-electron chi connectivity index (χ2n) is 7.31. The third-order valence-electron chi connectivity index (χ3n) is 4.87. The zero-order valence-electron chi connectivity index (χ0n) is 17.7. The van der Waals surface area contributed by atoms with Crippen LogP contribution in [0.3, 0.4) is 0 Å². The lowest BCUT2D eigenvalue weighted by molar-refractivity contribution is -0.141. The monoisotopic (exact) mass is 453 g/mol. The van der Waals surface area contributed by atoms with Gasteiger partial charge in [0, 0.05) is 21.2 Å². The van der Waals surface area contributed by atoms with Gasteiger partial charge >= 0.3 is 5.97 Å². The maximum Gasteiger partial charge on any atom is 0.316 e. The number of thioether (sulfide) groups is 1. The van der Waals surface area contributed by atoms with Gasteiger partial charge < -0.3 is 10.1 Å². The van der Waals surface area contributed by atoms with Crippen LogP contribution >= 0.6 is 23.4 Å². The Bertz CT molecular complexity index is 1100. The fourth-order valence-corrected chi connectivity index (χ4v) is 3.74. The highest BCUT2D eigenvalue weighted by Crippen LogP contribution is 2.22. The van der Waals surface area contributed by atoms with Crippen LogP contribution in [0.1, 0.15) is 32.6 Å². The van der Waals surface area contributed by atoms with E-state index in [2.05, 4.69) is 31.3 Å². The van der Waals surface area contributed by atoms with Crippen molar-refractivity contribution in [2.45, 2.75) is 32.3 Å². The van der Waals surface area contributed by atoms with E-state index in [1.165, 1.54) is 22.9 Å². The molecule has 0 bridgehead atoms. The summed E-state index contributed by atoms with van der Waals surface area (Å²) >= 11 is 7.48. The molecule has 0 atom stereocenters. The Kier molecular flexibility index (Phi) is 7.77. The molecule has 4 nitrogen and oxygen atoms in total. The van der Waals surface area contributed by atoms with Crippen LogP contribution in [0.5, 0.6) is 0 Å². The highest BCUT2D eigenvalue weighted by Gasteiger charge is 2.09. The van der Waals surface area contributed by atoms with Crippen molar-refractivity contribution in [3.05, 3.63) is 93.5 Å². The van der Waals surface area contributed by atoms with Crippen molar-refractivity contribution in [3.63, 3.8) is 0 Å². The Morgan fingerprint density at radius 1 is 0.903 bits per heavy atom. The summed E-state index contributed by atoms with van der Waals surface area (Å²) in [5.74, 6) is -0.234. The molecule has 0 saturated heterocycles. The van der Waals surface area contributed by atoms with E-state index in [1.807, 2.05) is 19.1 Å². The summed E-state index contributed by atoms with van der Waals surface area (Å²) in [6.45, 7) is 6.17. The van der Waals surface area contributed by atoms with E-state index in [4.69, 9.17) is 16.3 Å². The molecule has 0 saturated carbocycles. The van der Waals surface area contributed by atoms with Gasteiger partial charge in [0.15, 0.2) is 0 Å². The number of hydrogen-bond acceptors (Lipinski definition) is 4. The average Bonchev–Trinajstić information content (AvgIpc) is 2.76. The molecule has 0 aliphatic carbocycles. The first-order chi connectivity index (χ1) is 14.8. The summed E-state index contributed by atoms with van der Waals surface area (Å²) in [5.41, 5.74) is 5.36. The molecule has 0 aromatic heterocycles. The number of hydrogen-bond donors (Lipinski definition) is 1. The lowest BCUT2D eigenvalue weighted by atomic mass is 10.1. The number of benzene rings is 3. The lowest BCUT2D eigenvalue weighted by Gasteiger charge is -2.09. The van der Waals surface area contributed by atoms with Crippen molar-refractivity contribution < 1.29 is 14.3 Å². The third kappa shape index (κ3) is 6.61. The molecule has 3 aromatic carbocycles. The first-order valence-corrected chi connectivity index (χ1v) is 11.2. The van der Waals surface area contributed by atoms with Gasteiger partial charge in [-0.15, -0.1) is 11.8 Å². The van der Waals surface area contributed by atoms with Crippen LogP contribution < -0.4 is 5.32 Å². The topological polar surface area (TPSA) is 55.4 Å². The minimum atomic E-state index is -0.275. The molecule has 0 heterocycles. The predicted molar refractivity (Wildman–Crippen MR) is 127 cm³/mol. The number of anilines is 1. The van der Waals surface area contributed by atoms with Gasteiger partial charge in [-0.2, -0.15) is 0 Å². The van der Waals surface area contributed by atoms with E-state index in [9.17, 15) is 9.59 Å². The Morgan fingerprint density at radius 3 is 2.32 bits per heavy atom. The fourth-order valence-electron chi connectivity index (χ4n) is 2.83. The van der Waals surface area contributed by atoms with Crippen molar-refractivity contribution in [1.82, 2.24) is 0 Å². The van der Waals surface area contributed by atoms with E-state index in [1.54, 1.807) is 36.4 Å². The van der Waals surface area contributed by atoms with Gasteiger partial charge in [0.1, 0.15) is 6.61 Å². The van der Waals surface area contributed by atoms with Gasteiger partial charge in [-0.05, 0) is 85.5 Å². The van der Waals surface area contributed by atoms with Crippen LogP contribution in [0.25, 0.3) is 0 Å². The van der Waals surface area contributed by atoms with Crippen molar-refractivity contribution in [3.8, 4) is 0 Å². The molecule has 3 aromatic rings. The largest absolute Gasteiger partial charge is 0.460 e. The van der Waals surface area contributed by atoms with Crippen LogP contribution in [0.15, 0.2) is 65.6 Å². The Morgan fingerprint density at radius 2 is 1.65 bits per heavy atom. The summed E-state index contributed by atoms with van der Waals surface area (Å²) in [7, 11) is 0. The number of halogens is 1. The summed E-state index contributed by atoms with van der Waals surface area (Å²) in [6, 6.07) is 18.5. The Balaban J connectivity index is 1.48. The number of esters is 1. The fraction of sp³-hybridized carbons (Fsp3) is 0.200. The molecule has 0 unspecified atom stereocenters. The maximum absolute atomic E-state index is 12.4. The van der Waals surface area contributed by atoms with E-state index < -0.39 is 0 Å². The van der Waals surface area contributed by atoms with Crippen LogP contribution in [0.2, 0.25) is 5.02 Å². The number of aryl methyl sites for hydroxylation is 3. The molecule has 0 radical (unpaired) electrons. The second-order valence-corrected chi connectivity index (χ2v) is 8.77. The van der Waals surface area contributed by atoms with Crippen LogP contribution in [-0.2, 0) is 16.1 Å². The van der Waals surface area contributed by atoms with Gasteiger partial charge in [-0.1, -0.05) is 29.8 Å². The molecule has 0 spiro atoms. The van der Waals surface area contributed by atoms with E-state index in [0.717, 1.165) is 16.0 Å². The summed E-state index contributed by atoms with van der Waals surface area (Å²) in [6.07, 6.45) is 0. The third-order valence-corrected chi connectivity index (χ3v) is 6.26. The molecule has 6 heteroatoms. The quantitative estimate of drug-likeness (QED) is 0.334. The van der Waals surface area contributed by atoms with Gasteiger partial charge in [0.2, 0.25) is 0 Å². The van der Waals surface area contributed by atoms with Crippen LogP contribution in [0.4, 0.5) is 5.69 Å². The second kappa shape index (κ2) is 10.5. The number of carbonyl (C=O) groups is 2. The molecule has 3 rings (SSSR count). The molecular weight excluding hydrogens is 430 g/mol. The first-order valence-electron chi connectivity index (χ1n) is 9.84. The number of carbonyl (C=O) groups excluding carboxylic acids is 2. The molecule has 31 heavy (non-hydrogen) atoms. The zero-order chi connectivity index (χ0) is 22.4. The van der Waals surface area contributed by atoms with Crippen molar-refractivity contribution in [2.24, 2.45) is 0 Å². The molecule has 1 N–H and O–H groups in total. The minimum absolute atomic E-state index is 0.171. The van der Waals surface area contributed by atoms with Gasteiger partial charge in [0.25, 0.3) is 5.91 Å². The number of rotatable bonds is 7. The highest BCUT2D eigenvalue weighted by molar-refractivity contribution is 8.00. The lowest BCUT2D eigenvalue weighted by Crippen LogP contribution is -2.12.